The minimum Gasteiger partial charge on any atom is -0.340 e. The van der Waals surface area contributed by atoms with E-state index in [2.05, 4.69) is 5.10 Å². The minimum atomic E-state index is -0.296. The Kier molecular flexibility index (Phi) is 5.81. The Labute approximate surface area is 158 Å². The highest BCUT2D eigenvalue weighted by molar-refractivity contribution is 5.92. The number of amides is 1. The lowest BCUT2D eigenvalue weighted by Crippen LogP contribution is -2.28. The smallest absolute Gasteiger partial charge is 0.246 e. The maximum atomic E-state index is 13.3. The van der Waals surface area contributed by atoms with Crippen LogP contribution in [-0.4, -0.2) is 33.7 Å². The largest absolute Gasteiger partial charge is 0.340 e. The lowest BCUT2D eigenvalue weighted by Gasteiger charge is -2.15. The Hall–Kier alpha value is -3.21. The van der Waals surface area contributed by atoms with Gasteiger partial charge in [-0.25, -0.2) is 9.07 Å². The van der Waals surface area contributed by atoms with Crippen LogP contribution in [0.1, 0.15) is 19.4 Å². The van der Waals surface area contributed by atoms with Crippen molar-refractivity contribution in [3.8, 4) is 16.9 Å². The summed E-state index contributed by atoms with van der Waals surface area (Å²) in [6.07, 6.45) is 5.21. The molecule has 138 valence electrons. The predicted octanol–water partition coefficient (Wildman–Crippen LogP) is 4.56. The number of halogens is 1. The van der Waals surface area contributed by atoms with Crippen molar-refractivity contribution in [1.29, 1.82) is 0 Å². The molecule has 2 aromatic carbocycles. The first-order valence-electron chi connectivity index (χ1n) is 9.00. The van der Waals surface area contributed by atoms with E-state index in [4.69, 9.17) is 0 Å². The van der Waals surface area contributed by atoms with Gasteiger partial charge < -0.3 is 4.90 Å². The van der Waals surface area contributed by atoms with Crippen molar-refractivity contribution in [3.05, 3.63) is 78.3 Å². The standard InChI is InChI=1S/C22H22FN3O/c1-3-25(4-2)21(27)15-12-18-16-26(20-8-6-5-7-9-20)24-22(18)17-10-13-19(23)14-11-17/h5-16H,3-4H2,1-2H3. The van der Waals surface area contributed by atoms with E-state index >= 15 is 0 Å². The highest BCUT2D eigenvalue weighted by atomic mass is 19.1. The zero-order chi connectivity index (χ0) is 19.2. The molecule has 3 rings (SSSR count). The van der Waals surface area contributed by atoms with E-state index in [1.807, 2.05) is 50.4 Å². The summed E-state index contributed by atoms with van der Waals surface area (Å²) in [6.45, 7) is 5.22. The first kappa shape index (κ1) is 18.6. The summed E-state index contributed by atoms with van der Waals surface area (Å²) < 4.78 is 15.1. The van der Waals surface area contributed by atoms with Gasteiger partial charge in [0.25, 0.3) is 0 Å². The number of carbonyl (C=O) groups excluding carboxylic acids is 1. The number of benzene rings is 2. The average molecular weight is 363 g/mol. The fraction of sp³-hybridized carbons (Fsp3) is 0.182. The Morgan fingerprint density at radius 2 is 1.74 bits per heavy atom. The fourth-order valence-electron chi connectivity index (χ4n) is 2.86. The summed E-state index contributed by atoms with van der Waals surface area (Å²) in [5.74, 6) is -0.340. The third kappa shape index (κ3) is 4.31. The molecule has 1 heterocycles. The van der Waals surface area contributed by atoms with E-state index in [0.717, 1.165) is 16.8 Å². The number of hydrogen-bond acceptors (Lipinski definition) is 2. The summed E-state index contributed by atoms with van der Waals surface area (Å²) in [6, 6.07) is 15.9. The summed E-state index contributed by atoms with van der Waals surface area (Å²) >= 11 is 0. The summed E-state index contributed by atoms with van der Waals surface area (Å²) in [7, 11) is 0. The van der Waals surface area contributed by atoms with Crippen LogP contribution >= 0.6 is 0 Å². The van der Waals surface area contributed by atoms with E-state index in [1.54, 1.807) is 33.9 Å². The Morgan fingerprint density at radius 1 is 1.07 bits per heavy atom. The van der Waals surface area contributed by atoms with Crippen LogP contribution in [0.2, 0.25) is 0 Å². The number of nitrogens with zero attached hydrogens (tertiary/aromatic N) is 3. The van der Waals surface area contributed by atoms with Gasteiger partial charge in [0.05, 0.1) is 11.4 Å². The van der Waals surface area contributed by atoms with Crippen LogP contribution in [0.5, 0.6) is 0 Å². The average Bonchev–Trinajstić information content (AvgIpc) is 3.13. The number of hydrogen-bond donors (Lipinski definition) is 0. The van der Waals surface area contributed by atoms with Crippen molar-refractivity contribution in [2.24, 2.45) is 0 Å². The Balaban J connectivity index is 2.01. The Morgan fingerprint density at radius 3 is 2.37 bits per heavy atom. The Bertz CT molecular complexity index is 926. The van der Waals surface area contributed by atoms with Gasteiger partial charge >= 0.3 is 0 Å². The number of aromatic nitrogens is 2. The molecule has 5 heteroatoms. The molecule has 0 radical (unpaired) electrons. The normalized spacial score (nSPS) is 11.1. The van der Waals surface area contributed by atoms with Crippen molar-refractivity contribution < 1.29 is 9.18 Å². The van der Waals surface area contributed by atoms with Crippen LogP contribution in [0.15, 0.2) is 66.9 Å². The molecule has 3 aromatic rings. The monoisotopic (exact) mass is 363 g/mol. The van der Waals surface area contributed by atoms with Crippen LogP contribution < -0.4 is 0 Å². The van der Waals surface area contributed by atoms with Gasteiger partial charge in [-0.05, 0) is 56.3 Å². The number of rotatable bonds is 6. The predicted molar refractivity (Wildman–Crippen MR) is 106 cm³/mol. The van der Waals surface area contributed by atoms with Gasteiger partial charge in [-0.2, -0.15) is 5.10 Å². The minimum absolute atomic E-state index is 0.0440. The molecule has 0 aliphatic heterocycles. The third-order valence-electron chi connectivity index (χ3n) is 4.36. The number of para-hydroxylation sites is 1. The molecular weight excluding hydrogens is 341 g/mol. The van der Waals surface area contributed by atoms with E-state index in [9.17, 15) is 9.18 Å². The van der Waals surface area contributed by atoms with Crippen molar-refractivity contribution in [2.75, 3.05) is 13.1 Å². The highest BCUT2D eigenvalue weighted by Crippen LogP contribution is 2.25. The molecule has 0 unspecified atom stereocenters. The van der Waals surface area contributed by atoms with Gasteiger partial charge in [-0.1, -0.05) is 18.2 Å². The van der Waals surface area contributed by atoms with Gasteiger partial charge in [0.15, 0.2) is 0 Å². The summed E-state index contributed by atoms with van der Waals surface area (Å²) in [4.78, 5) is 14.1. The highest BCUT2D eigenvalue weighted by Gasteiger charge is 2.12. The SMILES string of the molecule is CCN(CC)C(=O)C=Cc1cn(-c2ccccc2)nc1-c1ccc(F)cc1. The maximum absolute atomic E-state index is 13.3. The summed E-state index contributed by atoms with van der Waals surface area (Å²) in [5.41, 5.74) is 3.20. The molecule has 0 bridgehead atoms. The molecule has 4 nitrogen and oxygen atoms in total. The van der Waals surface area contributed by atoms with Crippen LogP contribution in [0.4, 0.5) is 4.39 Å². The van der Waals surface area contributed by atoms with Crippen LogP contribution in [0.3, 0.4) is 0 Å². The lowest BCUT2D eigenvalue weighted by molar-refractivity contribution is -0.125. The van der Waals surface area contributed by atoms with E-state index in [1.165, 1.54) is 12.1 Å². The number of carbonyl (C=O) groups is 1. The van der Waals surface area contributed by atoms with Gasteiger partial charge in [0.2, 0.25) is 5.91 Å². The second-order valence-corrected chi connectivity index (χ2v) is 6.06. The molecule has 1 amide bonds. The quantitative estimate of drug-likeness (QED) is 0.602. The van der Waals surface area contributed by atoms with Crippen LogP contribution in [0, 0.1) is 5.82 Å². The van der Waals surface area contributed by atoms with Crippen molar-refractivity contribution in [3.63, 3.8) is 0 Å². The molecule has 0 saturated heterocycles. The van der Waals surface area contributed by atoms with Crippen molar-refractivity contribution in [2.45, 2.75) is 13.8 Å². The van der Waals surface area contributed by atoms with Gasteiger partial charge in [-0.15, -0.1) is 0 Å². The first-order chi connectivity index (χ1) is 13.1. The molecule has 0 saturated carbocycles. The topological polar surface area (TPSA) is 38.1 Å². The molecule has 0 atom stereocenters. The van der Waals surface area contributed by atoms with Crippen molar-refractivity contribution >= 4 is 12.0 Å². The third-order valence-corrected chi connectivity index (χ3v) is 4.36. The van der Waals surface area contributed by atoms with E-state index in [0.29, 0.717) is 18.8 Å². The van der Waals surface area contributed by atoms with Crippen molar-refractivity contribution in [1.82, 2.24) is 14.7 Å². The lowest BCUT2D eigenvalue weighted by atomic mass is 10.1. The fourth-order valence-corrected chi connectivity index (χ4v) is 2.86. The molecule has 0 fully saturated rings. The first-order valence-corrected chi connectivity index (χ1v) is 9.00. The van der Waals surface area contributed by atoms with Gasteiger partial charge in [0.1, 0.15) is 5.82 Å². The maximum Gasteiger partial charge on any atom is 0.246 e. The zero-order valence-electron chi connectivity index (χ0n) is 15.5. The molecule has 0 aliphatic rings. The molecule has 1 aromatic heterocycles. The molecule has 27 heavy (non-hydrogen) atoms. The van der Waals surface area contributed by atoms with Gasteiger partial charge in [0, 0.05) is 36.5 Å². The second-order valence-electron chi connectivity index (χ2n) is 6.06. The summed E-state index contributed by atoms with van der Waals surface area (Å²) in [5, 5.41) is 4.66. The van der Waals surface area contributed by atoms with Gasteiger partial charge in [-0.3, -0.25) is 4.79 Å². The number of likely N-dealkylation sites (N-methyl/N-ethyl adjacent to an activating group) is 1. The zero-order valence-corrected chi connectivity index (χ0v) is 15.5. The molecule has 0 aliphatic carbocycles. The molecular formula is C22H22FN3O. The van der Waals surface area contributed by atoms with E-state index < -0.39 is 0 Å². The van der Waals surface area contributed by atoms with Crippen LogP contribution in [-0.2, 0) is 4.79 Å². The second kappa shape index (κ2) is 8.45. The molecule has 0 spiro atoms. The molecule has 0 N–H and O–H groups in total. The van der Waals surface area contributed by atoms with E-state index in [-0.39, 0.29) is 11.7 Å². The van der Waals surface area contributed by atoms with Crippen LogP contribution in [0.25, 0.3) is 23.0 Å².